The third kappa shape index (κ3) is 2.95. The Kier molecular flexibility index (Phi) is 4.31. The molecule has 0 unspecified atom stereocenters. The van der Waals surface area contributed by atoms with Gasteiger partial charge < -0.3 is 23.9 Å². The second-order valence-corrected chi connectivity index (χ2v) is 8.51. The van der Waals surface area contributed by atoms with E-state index in [4.69, 9.17) is 9.47 Å². The quantitative estimate of drug-likeness (QED) is 0.464. The van der Waals surface area contributed by atoms with Crippen LogP contribution in [0.25, 0.3) is 33.0 Å². The number of carbonyl (C=O) groups excluding carboxylic acids is 2. The van der Waals surface area contributed by atoms with Crippen LogP contribution in [0.4, 0.5) is 0 Å². The molecule has 0 bridgehead atoms. The van der Waals surface area contributed by atoms with Crippen LogP contribution in [0.5, 0.6) is 11.5 Å². The minimum absolute atomic E-state index is 0.121. The van der Waals surface area contributed by atoms with Crippen molar-refractivity contribution in [1.29, 1.82) is 0 Å². The molecule has 166 valence electrons. The van der Waals surface area contributed by atoms with Crippen molar-refractivity contribution >= 4 is 44.8 Å². The molecule has 0 saturated carbocycles. The first-order valence-corrected chi connectivity index (χ1v) is 10.8. The van der Waals surface area contributed by atoms with Crippen molar-refractivity contribution in [3.63, 3.8) is 0 Å². The number of hydrogen-bond acceptors (Lipinski definition) is 5. The molecule has 0 spiro atoms. The van der Waals surface area contributed by atoms with E-state index >= 15 is 0 Å². The van der Waals surface area contributed by atoms with Crippen molar-refractivity contribution in [2.75, 3.05) is 27.4 Å². The third-order valence-corrected chi connectivity index (χ3v) is 6.23. The van der Waals surface area contributed by atoms with Crippen LogP contribution in [0.3, 0.4) is 0 Å². The van der Waals surface area contributed by atoms with Gasteiger partial charge in [0, 0.05) is 47.5 Å². The van der Waals surface area contributed by atoms with Gasteiger partial charge in [0.1, 0.15) is 0 Å². The molecule has 2 aliphatic rings. The molecule has 4 aromatic rings. The highest BCUT2D eigenvalue weighted by Crippen LogP contribution is 2.46. The van der Waals surface area contributed by atoms with Gasteiger partial charge in [0.2, 0.25) is 6.79 Å². The minimum Gasteiger partial charge on any atom is -0.454 e. The molecule has 2 aromatic heterocycles. The molecule has 4 heterocycles. The number of rotatable bonds is 5. The van der Waals surface area contributed by atoms with Gasteiger partial charge in [-0.2, -0.15) is 0 Å². The van der Waals surface area contributed by atoms with Gasteiger partial charge in [-0.25, -0.2) is 0 Å². The molecule has 33 heavy (non-hydrogen) atoms. The SMILES string of the molecule is CN(C)CCn1cc(C2=C(c3c[nH]c4ccccc34)C(=O)NC2=O)c2c3c(ccc21)OCO3. The number of carbonyl (C=O) groups is 2. The number of H-pyrrole nitrogens is 1. The van der Waals surface area contributed by atoms with Gasteiger partial charge in [-0.1, -0.05) is 18.2 Å². The summed E-state index contributed by atoms with van der Waals surface area (Å²) in [5.74, 6) is 0.416. The summed E-state index contributed by atoms with van der Waals surface area (Å²) < 4.78 is 13.5. The molecule has 8 nitrogen and oxygen atoms in total. The number of imide groups is 1. The summed E-state index contributed by atoms with van der Waals surface area (Å²) in [4.78, 5) is 31.5. The zero-order valence-electron chi connectivity index (χ0n) is 18.3. The molecule has 0 radical (unpaired) electrons. The predicted octanol–water partition coefficient (Wildman–Crippen LogP) is 2.98. The average molecular weight is 442 g/mol. The first-order valence-electron chi connectivity index (χ1n) is 10.8. The second-order valence-electron chi connectivity index (χ2n) is 8.51. The second kappa shape index (κ2) is 7.25. The lowest BCUT2D eigenvalue weighted by atomic mass is 9.95. The van der Waals surface area contributed by atoms with Crippen LogP contribution >= 0.6 is 0 Å². The molecule has 8 heteroatoms. The monoisotopic (exact) mass is 442 g/mol. The highest BCUT2D eigenvalue weighted by Gasteiger charge is 2.36. The van der Waals surface area contributed by atoms with Gasteiger partial charge in [0.15, 0.2) is 11.5 Å². The summed E-state index contributed by atoms with van der Waals surface area (Å²) in [7, 11) is 4.03. The summed E-state index contributed by atoms with van der Waals surface area (Å²) in [5, 5.41) is 4.17. The maximum atomic E-state index is 13.2. The van der Waals surface area contributed by atoms with Crippen molar-refractivity contribution in [3.8, 4) is 11.5 Å². The third-order valence-electron chi connectivity index (χ3n) is 6.23. The number of aromatic amines is 1. The molecule has 2 aliphatic heterocycles. The van der Waals surface area contributed by atoms with E-state index < -0.39 is 11.8 Å². The van der Waals surface area contributed by atoms with Crippen molar-refractivity contribution in [2.24, 2.45) is 0 Å². The van der Waals surface area contributed by atoms with Crippen LogP contribution in [0.1, 0.15) is 11.1 Å². The van der Waals surface area contributed by atoms with Crippen molar-refractivity contribution in [1.82, 2.24) is 19.8 Å². The first kappa shape index (κ1) is 19.6. The maximum absolute atomic E-state index is 13.2. The van der Waals surface area contributed by atoms with Crippen LogP contribution in [-0.2, 0) is 16.1 Å². The predicted molar refractivity (Wildman–Crippen MR) is 125 cm³/mol. The van der Waals surface area contributed by atoms with Crippen LogP contribution in [-0.4, -0.2) is 53.7 Å². The van der Waals surface area contributed by atoms with E-state index in [0.29, 0.717) is 40.3 Å². The van der Waals surface area contributed by atoms with E-state index in [2.05, 4.69) is 19.8 Å². The topological polar surface area (TPSA) is 88.6 Å². The fraction of sp³-hybridized carbons (Fsp3) is 0.200. The van der Waals surface area contributed by atoms with E-state index in [1.807, 2.05) is 56.7 Å². The standard InChI is InChI=1S/C25H22N4O4/c1-28(2)9-10-29-12-16(20-18(29)7-8-19-23(20)33-13-32-19)22-21(24(30)27-25(22)31)15-11-26-17-6-4-3-5-14(15)17/h3-8,11-12,26H,9-10,13H2,1-2H3,(H,27,30,31). The zero-order valence-corrected chi connectivity index (χ0v) is 18.3. The van der Waals surface area contributed by atoms with E-state index in [1.54, 1.807) is 6.20 Å². The van der Waals surface area contributed by atoms with E-state index in [1.165, 1.54) is 0 Å². The summed E-state index contributed by atoms with van der Waals surface area (Å²) >= 11 is 0. The number of hydrogen-bond donors (Lipinski definition) is 2. The molecular weight excluding hydrogens is 420 g/mol. The summed E-state index contributed by atoms with van der Waals surface area (Å²) in [5.41, 5.74) is 3.90. The number of nitrogens with one attached hydrogen (secondary N) is 2. The Labute approximate surface area is 189 Å². The number of nitrogens with zero attached hydrogens (tertiary/aromatic N) is 2. The Hall–Kier alpha value is -4.04. The summed E-state index contributed by atoms with van der Waals surface area (Å²) in [6.07, 6.45) is 3.73. The van der Waals surface area contributed by atoms with Gasteiger partial charge in [0.25, 0.3) is 11.8 Å². The molecule has 0 fully saturated rings. The molecule has 2 amide bonds. The van der Waals surface area contributed by atoms with Gasteiger partial charge in [-0.05, 0) is 32.3 Å². The number of benzene rings is 2. The zero-order chi connectivity index (χ0) is 22.7. The van der Waals surface area contributed by atoms with Gasteiger partial charge >= 0.3 is 0 Å². The lowest BCUT2D eigenvalue weighted by molar-refractivity contribution is -0.122. The lowest BCUT2D eigenvalue weighted by Gasteiger charge is -2.11. The van der Waals surface area contributed by atoms with E-state index in [-0.39, 0.29) is 6.79 Å². The van der Waals surface area contributed by atoms with Gasteiger partial charge in [0.05, 0.1) is 22.0 Å². The number of para-hydroxylation sites is 1. The molecule has 6 rings (SSSR count). The largest absolute Gasteiger partial charge is 0.454 e. The van der Waals surface area contributed by atoms with Crippen LogP contribution in [0.2, 0.25) is 0 Å². The molecule has 0 saturated heterocycles. The Balaban J connectivity index is 1.65. The van der Waals surface area contributed by atoms with E-state index in [0.717, 1.165) is 28.4 Å². The van der Waals surface area contributed by atoms with Crippen molar-refractivity contribution in [2.45, 2.75) is 6.54 Å². The van der Waals surface area contributed by atoms with Gasteiger partial charge in [-0.15, -0.1) is 0 Å². The van der Waals surface area contributed by atoms with Crippen LogP contribution in [0.15, 0.2) is 48.8 Å². The molecule has 0 aliphatic carbocycles. The number of ether oxygens (including phenoxy) is 2. The van der Waals surface area contributed by atoms with Crippen LogP contribution in [0, 0.1) is 0 Å². The first-order chi connectivity index (χ1) is 16.0. The smallest absolute Gasteiger partial charge is 0.259 e. The Morgan fingerprint density at radius 1 is 1.00 bits per heavy atom. The summed E-state index contributed by atoms with van der Waals surface area (Å²) in [6, 6.07) is 11.6. The summed E-state index contributed by atoms with van der Waals surface area (Å²) in [6.45, 7) is 1.65. The molecule has 0 atom stereocenters. The number of amides is 2. The van der Waals surface area contributed by atoms with Gasteiger partial charge in [-0.3, -0.25) is 14.9 Å². The maximum Gasteiger partial charge on any atom is 0.259 e. The molecule has 2 N–H and O–H groups in total. The Morgan fingerprint density at radius 3 is 2.61 bits per heavy atom. The highest BCUT2D eigenvalue weighted by atomic mass is 16.7. The molecular formula is C25H22N4O4. The number of likely N-dealkylation sites (N-methyl/N-ethyl adjacent to an activating group) is 1. The highest BCUT2D eigenvalue weighted by molar-refractivity contribution is 6.51. The fourth-order valence-corrected chi connectivity index (χ4v) is 4.68. The van der Waals surface area contributed by atoms with Crippen molar-refractivity contribution in [3.05, 3.63) is 59.9 Å². The Morgan fingerprint density at radius 2 is 1.79 bits per heavy atom. The fourth-order valence-electron chi connectivity index (χ4n) is 4.68. The average Bonchev–Trinajstić information content (AvgIpc) is 3.55. The molecule has 2 aromatic carbocycles. The minimum atomic E-state index is -0.413. The number of aromatic nitrogens is 2. The van der Waals surface area contributed by atoms with Crippen LogP contribution < -0.4 is 14.8 Å². The number of fused-ring (bicyclic) bond motifs is 4. The lowest BCUT2D eigenvalue weighted by Crippen LogP contribution is -2.22. The Bertz CT molecular complexity index is 1490. The normalized spacial score (nSPS) is 15.5. The van der Waals surface area contributed by atoms with Crippen molar-refractivity contribution < 1.29 is 19.1 Å². The van der Waals surface area contributed by atoms with E-state index in [9.17, 15) is 9.59 Å².